The van der Waals surface area contributed by atoms with Gasteiger partial charge in [0.05, 0.1) is 12.2 Å². The van der Waals surface area contributed by atoms with Gasteiger partial charge in [-0.05, 0) is 19.1 Å². The molecule has 5 nitrogen and oxygen atoms in total. The standard InChI is InChI=1S/C16H21F3N2O3/c1-2-24-13-6-4-3-5-12(13)15(23)21-9-7-20(8-10-21)11-14(22)16(17,18)19/h3-6,14,22H,2,7-11H2,1H3/t14-/m0/s1. The molecule has 1 aliphatic heterocycles. The summed E-state index contributed by atoms with van der Waals surface area (Å²) in [5.74, 6) is 0.301. The zero-order valence-electron chi connectivity index (χ0n) is 13.4. The van der Waals surface area contributed by atoms with Crippen LogP contribution >= 0.6 is 0 Å². The fourth-order valence-electron chi connectivity index (χ4n) is 2.58. The minimum Gasteiger partial charge on any atom is -0.493 e. The quantitative estimate of drug-likeness (QED) is 0.883. The Morgan fingerprint density at radius 2 is 1.88 bits per heavy atom. The van der Waals surface area contributed by atoms with Crippen LogP contribution in [0.5, 0.6) is 5.75 Å². The number of aliphatic hydroxyl groups is 1. The Kier molecular flexibility index (Phi) is 6.06. The van der Waals surface area contributed by atoms with E-state index in [1.807, 2.05) is 6.92 Å². The molecular weight excluding hydrogens is 325 g/mol. The van der Waals surface area contributed by atoms with Gasteiger partial charge in [0.25, 0.3) is 5.91 Å². The summed E-state index contributed by atoms with van der Waals surface area (Å²) in [6, 6.07) is 6.91. The number of hydrogen-bond acceptors (Lipinski definition) is 4. The second-order valence-electron chi connectivity index (χ2n) is 5.58. The Bertz CT molecular complexity index is 558. The second-order valence-corrected chi connectivity index (χ2v) is 5.58. The number of benzene rings is 1. The van der Waals surface area contributed by atoms with Crippen molar-refractivity contribution in [2.24, 2.45) is 0 Å². The SMILES string of the molecule is CCOc1ccccc1C(=O)N1CCN(C[C@H](O)C(F)(F)F)CC1. The fourth-order valence-corrected chi connectivity index (χ4v) is 2.58. The number of rotatable bonds is 5. The average Bonchev–Trinajstić information content (AvgIpc) is 2.55. The van der Waals surface area contributed by atoms with Crippen molar-refractivity contribution in [1.82, 2.24) is 9.80 Å². The van der Waals surface area contributed by atoms with E-state index in [0.717, 1.165) is 0 Å². The van der Waals surface area contributed by atoms with Crippen molar-refractivity contribution in [2.75, 3.05) is 39.3 Å². The lowest BCUT2D eigenvalue weighted by molar-refractivity contribution is -0.208. The maximum atomic E-state index is 12.6. The van der Waals surface area contributed by atoms with E-state index < -0.39 is 18.8 Å². The third kappa shape index (κ3) is 4.61. The molecule has 1 N–H and O–H groups in total. The largest absolute Gasteiger partial charge is 0.493 e. The van der Waals surface area contributed by atoms with Gasteiger partial charge in [0.1, 0.15) is 5.75 Å². The summed E-state index contributed by atoms with van der Waals surface area (Å²) in [4.78, 5) is 15.7. The Hall–Kier alpha value is -1.80. The summed E-state index contributed by atoms with van der Waals surface area (Å²) in [6.07, 6.45) is -6.98. The number of aliphatic hydroxyl groups excluding tert-OH is 1. The fraction of sp³-hybridized carbons (Fsp3) is 0.562. The van der Waals surface area contributed by atoms with E-state index in [1.54, 1.807) is 29.2 Å². The average molecular weight is 346 g/mol. The van der Waals surface area contributed by atoms with Crippen molar-refractivity contribution in [3.8, 4) is 5.75 Å². The van der Waals surface area contributed by atoms with Crippen LogP contribution in [0.15, 0.2) is 24.3 Å². The van der Waals surface area contributed by atoms with E-state index in [4.69, 9.17) is 9.84 Å². The van der Waals surface area contributed by atoms with E-state index in [1.165, 1.54) is 4.90 Å². The molecular formula is C16H21F3N2O3. The molecule has 134 valence electrons. The maximum absolute atomic E-state index is 12.6. The molecule has 24 heavy (non-hydrogen) atoms. The lowest BCUT2D eigenvalue weighted by Gasteiger charge is -2.36. The topological polar surface area (TPSA) is 53.0 Å². The van der Waals surface area contributed by atoms with Crippen LogP contribution in [-0.4, -0.2) is 72.4 Å². The maximum Gasteiger partial charge on any atom is 0.415 e. The third-order valence-electron chi connectivity index (χ3n) is 3.89. The van der Waals surface area contributed by atoms with Gasteiger partial charge in [0.15, 0.2) is 6.10 Å². The van der Waals surface area contributed by atoms with Gasteiger partial charge in [-0.3, -0.25) is 9.69 Å². The van der Waals surface area contributed by atoms with Crippen LogP contribution in [0.2, 0.25) is 0 Å². The molecule has 1 aromatic rings. The second kappa shape index (κ2) is 7.85. The summed E-state index contributed by atoms with van der Waals surface area (Å²) in [5, 5.41) is 9.12. The molecule has 0 spiro atoms. The number of piperazine rings is 1. The minimum absolute atomic E-state index is 0.199. The van der Waals surface area contributed by atoms with Gasteiger partial charge in [0, 0.05) is 32.7 Å². The molecule has 1 heterocycles. The van der Waals surface area contributed by atoms with Crippen molar-refractivity contribution in [3.05, 3.63) is 29.8 Å². The molecule has 1 aromatic carbocycles. The first-order chi connectivity index (χ1) is 11.3. The van der Waals surface area contributed by atoms with Crippen molar-refractivity contribution in [2.45, 2.75) is 19.2 Å². The minimum atomic E-state index is -4.62. The highest BCUT2D eigenvalue weighted by Crippen LogP contribution is 2.23. The molecule has 0 radical (unpaired) electrons. The molecule has 8 heteroatoms. The Morgan fingerprint density at radius 3 is 2.46 bits per heavy atom. The van der Waals surface area contributed by atoms with Crippen LogP contribution in [0.3, 0.4) is 0 Å². The van der Waals surface area contributed by atoms with Crippen LogP contribution in [-0.2, 0) is 0 Å². The van der Waals surface area contributed by atoms with Gasteiger partial charge >= 0.3 is 6.18 Å². The highest BCUT2D eigenvalue weighted by atomic mass is 19.4. The van der Waals surface area contributed by atoms with Crippen LogP contribution in [0.1, 0.15) is 17.3 Å². The van der Waals surface area contributed by atoms with Gasteiger partial charge in [-0.2, -0.15) is 13.2 Å². The van der Waals surface area contributed by atoms with Crippen molar-refractivity contribution < 1.29 is 27.8 Å². The zero-order chi connectivity index (χ0) is 17.7. The smallest absolute Gasteiger partial charge is 0.415 e. The van der Waals surface area contributed by atoms with E-state index in [2.05, 4.69) is 0 Å². The number of alkyl halides is 3. The number of carbonyl (C=O) groups excluding carboxylic acids is 1. The predicted molar refractivity (Wildman–Crippen MR) is 82.0 cm³/mol. The molecule has 0 unspecified atom stereocenters. The number of amides is 1. The highest BCUT2D eigenvalue weighted by Gasteiger charge is 2.39. The number of hydrogen-bond donors (Lipinski definition) is 1. The Balaban J connectivity index is 1.94. The number of ether oxygens (including phenoxy) is 1. The molecule has 1 aliphatic rings. The van der Waals surface area contributed by atoms with E-state index in [9.17, 15) is 18.0 Å². The van der Waals surface area contributed by atoms with Crippen LogP contribution in [0.25, 0.3) is 0 Å². The van der Waals surface area contributed by atoms with Gasteiger partial charge in [-0.1, -0.05) is 12.1 Å². The lowest BCUT2D eigenvalue weighted by atomic mass is 10.1. The summed E-state index contributed by atoms with van der Waals surface area (Å²) >= 11 is 0. The molecule has 2 rings (SSSR count). The molecule has 0 bridgehead atoms. The summed E-state index contributed by atoms with van der Waals surface area (Å²) in [7, 11) is 0. The van der Waals surface area contributed by atoms with Gasteiger partial charge in [-0.25, -0.2) is 0 Å². The van der Waals surface area contributed by atoms with Crippen molar-refractivity contribution in [1.29, 1.82) is 0 Å². The number of para-hydroxylation sites is 1. The number of halogens is 3. The number of β-amino-alcohol motifs (C(OH)–C–C–N with tert-alkyl or cyclic N) is 1. The molecule has 1 fully saturated rings. The number of carbonyl (C=O) groups is 1. The summed E-state index contributed by atoms with van der Waals surface area (Å²) in [5.41, 5.74) is 0.447. The van der Waals surface area contributed by atoms with E-state index >= 15 is 0 Å². The molecule has 0 saturated carbocycles. The van der Waals surface area contributed by atoms with Gasteiger partial charge in [-0.15, -0.1) is 0 Å². The first kappa shape index (κ1) is 18.5. The molecule has 1 amide bonds. The zero-order valence-corrected chi connectivity index (χ0v) is 13.4. The summed E-state index contributed by atoms with van der Waals surface area (Å²) < 4.78 is 42.6. The van der Waals surface area contributed by atoms with Crippen molar-refractivity contribution in [3.63, 3.8) is 0 Å². The Labute approximate surface area is 138 Å². The molecule has 0 aliphatic carbocycles. The number of nitrogens with zero attached hydrogens (tertiary/aromatic N) is 2. The van der Waals surface area contributed by atoms with Crippen molar-refractivity contribution >= 4 is 5.91 Å². The van der Waals surface area contributed by atoms with Gasteiger partial charge in [0.2, 0.25) is 0 Å². The normalized spacial score (nSPS) is 17.6. The molecule has 1 atom stereocenters. The Morgan fingerprint density at radius 1 is 1.25 bits per heavy atom. The van der Waals surface area contributed by atoms with E-state index in [-0.39, 0.29) is 19.0 Å². The van der Waals surface area contributed by atoms with Crippen LogP contribution in [0.4, 0.5) is 13.2 Å². The molecule has 1 saturated heterocycles. The molecule has 0 aromatic heterocycles. The summed E-state index contributed by atoms with van der Waals surface area (Å²) in [6.45, 7) is 2.99. The first-order valence-corrected chi connectivity index (χ1v) is 7.81. The predicted octanol–water partition coefficient (Wildman–Crippen LogP) is 1.77. The van der Waals surface area contributed by atoms with Gasteiger partial charge < -0.3 is 14.7 Å². The lowest BCUT2D eigenvalue weighted by Crippen LogP contribution is -2.52. The van der Waals surface area contributed by atoms with E-state index in [0.29, 0.717) is 31.0 Å². The monoisotopic (exact) mass is 346 g/mol. The van der Waals surface area contributed by atoms with Crippen LogP contribution in [0, 0.1) is 0 Å². The highest BCUT2D eigenvalue weighted by molar-refractivity contribution is 5.97. The third-order valence-corrected chi connectivity index (χ3v) is 3.89. The first-order valence-electron chi connectivity index (χ1n) is 7.81. The van der Waals surface area contributed by atoms with Crippen LogP contribution < -0.4 is 4.74 Å².